The number of para-hydroxylation sites is 1. The molecule has 1 heterocycles. The highest BCUT2D eigenvalue weighted by atomic mass is 16.6. The molecule has 1 atom stereocenters. The molecule has 5 nitrogen and oxygen atoms in total. The number of nitrogens with zero attached hydrogens (tertiary/aromatic N) is 1. The van der Waals surface area contributed by atoms with E-state index in [1.54, 1.807) is 0 Å². The van der Waals surface area contributed by atoms with Crippen molar-refractivity contribution in [2.24, 2.45) is 0 Å². The van der Waals surface area contributed by atoms with Gasteiger partial charge in [0, 0.05) is 13.1 Å². The molecule has 0 aliphatic carbocycles. The maximum absolute atomic E-state index is 10.2. The lowest BCUT2D eigenvalue weighted by Gasteiger charge is -2.23. The Morgan fingerprint density at radius 2 is 1.88 bits per heavy atom. The summed E-state index contributed by atoms with van der Waals surface area (Å²) in [5, 5.41) is 10.2. The molecule has 0 bridgehead atoms. The molecule has 1 N–H and O–H groups in total. The third kappa shape index (κ3) is 4.87. The van der Waals surface area contributed by atoms with Crippen LogP contribution in [-0.4, -0.2) is 49.5 Å². The summed E-state index contributed by atoms with van der Waals surface area (Å²) in [5.41, 5.74) is 2.19. The third-order valence-corrected chi connectivity index (χ3v) is 4.11. The lowest BCUT2D eigenvalue weighted by molar-refractivity contribution is 0.0741. The normalized spacial score (nSPS) is 14.4. The molecule has 2 aromatic rings. The molecule has 3 rings (SSSR count). The molecule has 0 radical (unpaired) electrons. The SMILES string of the molecule is Cc1ccccc1OCC(O)CN(C)Cc1ccc2c(c1)OCCO2. The molecular weight excluding hydrogens is 318 g/mol. The monoisotopic (exact) mass is 343 g/mol. The first-order valence-corrected chi connectivity index (χ1v) is 8.55. The zero-order chi connectivity index (χ0) is 17.6. The number of aryl methyl sites for hydroxylation is 1. The Hall–Kier alpha value is -2.24. The molecule has 0 fully saturated rings. The van der Waals surface area contributed by atoms with Gasteiger partial charge in [0.25, 0.3) is 0 Å². The molecule has 25 heavy (non-hydrogen) atoms. The summed E-state index contributed by atoms with van der Waals surface area (Å²) in [6, 6.07) is 13.8. The summed E-state index contributed by atoms with van der Waals surface area (Å²) in [5.74, 6) is 2.40. The maximum atomic E-state index is 10.2. The first-order valence-electron chi connectivity index (χ1n) is 8.55. The van der Waals surface area contributed by atoms with Crippen LogP contribution in [0.5, 0.6) is 17.2 Å². The Morgan fingerprint density at radius 1 is 1.12 bits per heavy atom. The van der Waals surface area contributed by atoms with E-state index in [9.17, 15) is 5.11 Å². The van der Waals surface area contributed by atoms with E-state index in [0.29, 0.717) is 19.8 Å². The number of benzene rings is 2. The molecule has 0 aromatic heterocycles. The number of hydrogen-bond acceptors (Lipinski definition) is 5. The molecule has 0 saturated carbocycles. The molecule has 1 unspecified atom stereocenters. The summed E-state index contributed by atoms with van der Waals surface area (Å²) in [6.45, 7) is 4.70. The molecule has 0 amide bonds. The minimum atomic E-state index is -0.554. The van der Waals surface area contributed by atoms with Crippen LogP contribution in [0.2, 0.25) is 0 Å². The van der Waals surface area contributed by atoms with Gasteiger partial charge in [0.2, 0.25) is 0 Å². The van der Waals surface area contributed by atoms with Crippen molar-refractivity contribution in [3.63, 3.8) is 0 Å². The summed E-state index contributed by atoms with van der Waals surface area (Å²) in [6.07, 6.45) is -0.554. The van der Waals surface area contributed by atoms with Gasteiger partial charge in [0.1, 0.15) is 31.7 Å². The molecule has 2 aromatic carbocycles. The van der Waals surface area contributed by atoms with E-state index in [4.69, 9.17) is 14.2 Å². The van der Waals surface area contributed by atoms with Gasteiger partial charge < -0.3 is 19.3 Å². The first-order chi connectivity index (χ1) is 12.1. The molecule has 0 spiro atoms. The van der Waals surface area contributed by atoms with Gasteiger partial charge in [-0.25, -0.2) is 0 Å². The summed E-state index contributed by atoms with van der Waals surface area (Å²) >= 11 is 0. The third-order valence-electron chi connectivity index (χ3n) is 4.11. The molecule has 5 heteroatoms. The average molecular weight is 343 g/mol. The van der Waals surface area contributed by atoms with Crippen LogP contribution in [-0.2, 0) is 6.54 Å². The highest BCUT2D eigenvalue weighted by Crippen LogP contribution is 2.31. The van der Waals surface area contributed by atoms with Gasteiger partial charge in [-0.2, -0.15) is 0 Å². The fourth-order valence-electron chi connectivity index (χ4n) is 2.88. The van der Waals surface area contributed by atoms with Crippen LogP contribution >= 0.6 is 0 Å². The number of rotatable bonds is 7. The molecule has 1 aliphatic rings. The minimum Gasteiger partial charge on any atom is -0.491 e. The van der Waals surface area contributed by atoms with Gasteiger partial charge in [0.05, 0.1) is 0 Å². The van der Waals surface area contributed by atoms with Crippen molar-refractivity contribution in [1.29, 1.82) is 0 Å². The summed E-state index contributed by atoms with van der Waals surface area (Å²) in [7, 11) is 1.98. The molecular formula is C20H25NO4. The van der Waals surface area contributed by atoms with Crippen molar-refractivity contribution >= 4 is 0 Å². The minimum absolute atomic E-state index is 0.274. The van der Waals surface area contributed by atoms with Crippen molar-refractivity contribution in [2.75, 3.05) is 33.4 Å². The Labute approximate surface area is 148 Å². The Kier molecular flexibility index (Phi) is 5.79. The number of fused-ring (bicyclic) bond motifs is 1. The maximum Gasteiger partial charge on any atom is 0.161 e. The molecule has 1 aliphatic heterocycles. The van der Waals surface area contributed by atoms with Crippen molar-refractivity contribution in [3.05, 3.63) is 53.6 Å². The Morgan fingerprint density at radius 3 is 2.68 bits per heavy atom. The Balaban J connectivity index is 1.48. The second-order valence-corrected chi connectivity index (χ2v) is 6.41. The second-order valence-electron chi connectivity index (χ2n) is 6.41. The van der Waals surface area contributed by atoms with Gasteiger partial charge in [-0.15, -0.1) is 0 Å². The van der Waals surface area contributed by atoms with Crippen LogP contribution in [0.1, 0.15) is 11.1 Å². The largest absolute Gasteiger partial charge is 0.491 e. The van der Waals surface area contributed by atoms with Crippen molar-refractivity contribution < 1.29 is 19.3 Å². The Bertz CT molecular complexity index is 704. The quantitative estimate of drug-likeness (QED) is 0.838. The van der Waals surface area contributed by atoms with Crippen LogP contribution in [0.15, 0.2) is 42.5 Å². The van der Waals surface area contributed by atoms with Crippen molar-refractivity contribution in [1.82, 2.24) is 4.90 Å². The van der Waals surface area contributed by atoms with Crippen LogP contribution < -0.4 is 14.2 Å². The number of ether oxygens (including phenoxy) is 3. The zero-order valence-corrected chi connectivity index (χ0v) is 14.8. The lowest BCUT2D eigenvalue weighted by Crippen LogP contribution is -2.32. The number of aliphatic hydroxyl groups is 1. The fourth-order valence-corrected chi connectivity index (χ4v) is 2.88. The van der Waals surface area contributed by atoms with Gasteiger partial charge >= 0.3 is 0 Å². The predicted molar refractivity (Wildman–Crippen MR) is 96.4 cm³/mol. The van der Waals surface area contributed by atoms with Gasteiger partial charge in [-0.05, 0) is 43.3 Å². The zero-order valence-electron chi connectivity index (χ0n) is 14.8. The average Bonchev–Trinajstić information content (AvgIpc) is 2.61. The summed E-state index contributed by atoms with van der Waals surface area (Å²) in [4.78, 5) is 2.07. The van der Waals surface area contributed by atoms with E-state index in [-0.39, 0.29) is 6.61 Å². The van der Waals surface area contributed by atoms with E-state index >= 15 is 0 Å². The van der Waals surface area contributed by atoms with Gasteiger partial charge in [-0.3, -0.25) is 4.90 Å². The molecule has 134 valence electrons. The fraction of sp³-hybridized carbons (Fsp3) is 0.400. The highest BCUT2D eigenvalue weighted by Gasteiger charge is 2.14. The van der Waals surface area contributed by atoms with Crippen molar-refractivity contribution in [3.8, 4) is 17.2 Å². The standard InChI is InChI=1S/C20H25NO4/c1-15-5-3-4-6-18(15)25-14-17(22)13-21(2)12-16-7-8-19-20(11-16)24-10-9-23-19/h3-8,11,17,22H,9-10,12-14H2,1-2H3. The van der Waals surface area contributed by atoms with Crippen LogP contribution in [0.25, 0.3) is 0 Å². The number of hydrogen-bond donors (Lipinski definition) is 1. The number of likely N-dealkylation sites (N-methyl/N-ethyl adjacent to an activating group) is 1. The number of aliphatic hydroxyl groups excluding tert-OH is 1. The molecule has 0 saturated heterocycles. The summed E-state index contributed by atoms with van der Waals surface area (Å²) < 4.78 is 16.9. The van der Waals surface area contributed by atoms with Crippen LogP contribution in [0, 0.1) is 6.92 Å². The predicted octanol–water partition coefficient (Wildman–Crippen LogP) is 2.64. The first kappa shape index (κ1) is 17.6. The van der Waals surface area contributed by atoms with Gasteiger partial charge in [-0.1, -0.05) is 24.3 Å². The topological polar surface area (TPSA) is 51.2 Å². The van der Waals surface area contributed by atoms with E-state index in [2.05, 4.69) is 4.90 Å². The second kappa shape index (κ2) is 8.23. The van der Waals surface area contributed by atoms with Crippen LogP contribution in [0.4, 0.5) is 0 Å². The van der Waals surface area contributed by atoms with Crippen LogP contribution in [0.3, 0.4) is 0 Å². The van der Waals surface area contributed by atoms with Crippen molar-refractivity contribution in [2.45, 2.75) is 19.6 Å². The van der Waals surface area contributed by atoms with E-state index < -0.39 is 6.10 Å². The van der Waals surface area contributed by atoms with E-state index in [1.165, 1.54) is 0 Å². The highest BCUT2D eigenvalue weighted by molar-refractivity contribution is 5.43. The smallest absolute Gasteiger partial charge is 0.161 e. The lowest BCUT2D eigenvalue weighted by atomic mass is 10.1. The van der Waals surface area contributed by atoms with E-state index in [0.717, 1.165) is 34.9 Å². The van der Waals surface area contributed by atoms with E-state index in [1.807, 2.05) is 56.4 Å². The van der Waals surface area contributed by atoms with Gasteiger partial charge in [0.15, 0.2) is 11.5 Å².